The first-order valence-electron chi connectivity index (χ1n) is 16.7. The van der Waals surface area contributed by atoms with E-state index in [1.165, 1.54) is 25.2 Å². The van der Waals surface area contributed by atoms with Crippen molar-refractivity contribution in [1.29, 1.82) is 0 Å². The Hall–Kier alpha value is -4.46. The minimum absolute atomic E-state index is 0.0193. The smallest absolute Gasteiger partial charge is 0.350 e. The van der Waals surface area contributed by atoms with Gasteiger partial charge in [0, 0.05) is 41.5 Å². The molecule has 5 rings (SSSR count). The summed E-state index contributed by atoms with van der Waals surface area (Å²) in [6, 6.07) is 6.48. The number of allylic oxidation sites excluding steroid dienone is 5. The number of phenolic OH excluding ortho intramolecular Hbond substituents is 2. The van der Waals surface area contributed by atoms with Gasteiger partial charge in [-0.1, -0.05) is 41.5 Å². The van der Waals surface area contributed by atoms with E-state index in [1.807, 2.05) is 13.0 Å². The molecule has 2 aliphatic heterocycles. The van der Waals surface area contributed by atoms with Crippen LogP contribution in [0.3, 0.4) is 0 Å². The van der Waals surface area contributed by atoms with Gasteiger partial charge in [-0.15, -0.1) is 0 Å². The zero-order valence-electron chi connectivity index (χ0n) is 29.0. The number of aromatic hydroxyl groups is 2. The van der Waals surface area contributed by atoms with Crippen LogP contribution in [0.4, 0.5) is 0 Å². The van der Waals surface area contributed by atoms with Crippen LogP contribution in [0.2, 0.25) is 0 Å². The SMILES string of the molecule is C=C(C)[C@@H]1CC[C@@]2(C(=O)OC)C[C@@]13Oc1c(C/C=C(/CC/C=C(\C)CCC=C(C)C)COC(C)=O)cc(O)cc1-c1c(O)ccc(c13)O2. The van der Waals surface area contributed by atoms with Gasteiger partial charge in [0.25, 0.3) is 0 Å². The molecule has 0 unspecified atom stereocenters. The molecule has 1 aliphatic carbocycles. The standard InChI is InChI=1S/C40H48O8/c1-24(2)10-8-11-26(5)12-9-13-28(22-46-27(6)41)14-15-29-20-30(42)21-31-35-33(43)16-17-34-36(35)40(48-37(29)31)23-39(47-34,38(44)45-7)19-18-32(40)25(3)4/h10,12,14,16-17,20-21,32,42-43H,3,8-9,11,13,15,18-19,22-23H2,1-2,4-7H3/b26-12+,28-14-/t32-,39-,40+/m0/s1. The number of phenols is 2. The first-order valence-corrected chi connectivity index (χ1v) is 16.7. The Morgan fingerprint density at radius 1 is 1.02 bits per heavy atom. The minimum Gasteiger partial charge on any atom is -0.508 e. The highest BCUT2D eigenvalue weighted by Gasteiger charge is 2.64. The third-order valence-electron chi connectivity index (χ3n) is 9.80. The molecular weight excluding hydrogens is 608 g/mol. The molecule has 3 atom stereocenters. The summed E-state index contributed by atoms with van der Waals surface area (Å²) in [6.07, 6.45) is 11.5. The molecule has 1 fully saturated rings. The number of methoxy groups -OCH3 is 1. The van der Waals surface area contributed by atoms with Gasteiger partial charge in [0.1, 0.15) is 35.2 Å². The van der Waals surface area contributed by atoms with Crippen molar-refractivity contribution in [2.75, 3.05) is 13.7 Å². The second-order valence-electron chi connectivity index (χ2n) is 13.8. The van der Waals surface area contributed by atoms with Gasteiger partial charge < -0.3 is 29.2 Å². The summed E-state index contributed by atoms with van der Waals surface area (Å²) >= 11 is 0. The largest absolute Gasteiger partial charge is 0.508 e. The van der Waals surface area contributed by atoms with E-state index in [-0.39, 0.29) is 36.4 Å². The van der Waals surface area contributed by atoms with E-state index < -0.39 is 17.2 Å². The summed E-state index contributed by atoms with van der Waals surface area (Å²) in [5.74, 6) is -0.0188. The predicted octanol–water partition coefficient (Wildman–Crippen LogP) is 8.54. The van der Waals surface area contributed by atoms with Crippen molar-refractivity contribution >= 4 is 11.9 Å². The maximum absolute atomic E-state index is 13.3. The second-order valence-corrected chi connectivity index (χ2v) is 13.8. The molecule has 2 bridgehead atoms. The number of hydrogen-bond acceptors (Lipinski definition) is 8. The molecule has 1 spiro atoms. The molecule has 0 radical (unpaired) electrons. The second kappa shape index (κ2) is 14.0. The lowest BCUT2D eigenvalue weighted by Gasteiger charge is -2.56. The number of fused-ring (bicyclic) bond motifs is 3. The normalized spacial score (nSPS) is 22.3. The molecule has 8 nitrogen and oxygen atoms in total. The molecule has 48 heavy (non-hydrogen) atoms. The van der Waals surface area contributed by atoms with Crippen LogP contribution < -0.4 is 9.47 Å². The average molecular weight is 657 g/mol. The quantitative estimate of drug-likeness (QED) is 0.173. The highest BCUT2D eigenvalue weighted by Crippen LogP contribution is 2.65. The lowest BCUT2D eigenvalue weighted by molar-refractivity contribution is -0.181. The van der Waals surface area contributed by atoms with Crippen LogP contribution in [-0.2, 0) is 31.1 Å². The van der Waals surface area contributed by atoms with Gasteiger partial charge in [-0.2, -0.15) is 0 Å². The van der Waals surface area contributed by atoms with E-state index in [0.29, 0.717) is 59.4 Å². The summed E-state index contributed by atoms with van der Waals surface area (Å²) in [5, 5.41) is 22.3. The van der Waals surface area contributed by atoms with Gasteiger partial charge in [-0.3, -0.25) is 4.79 Å². The van der Waals surface area contributed by atoms with E-state index in [2.05, 4.69) is 39.5 Å². The summed E-state index contributed by atoms with van der Waals surface area (Å²) < 4.78 is 24.2. The highest BCUT2D eigenvalue weighted by molar-refractivity contribution is 5.88. The van der Waals surface area contributed by atoms with Crippen molar-refractivity contribution < 1.29 is 38.7 Å². The third kappa shape index (κ3) is 6.75. The van der Waals surface area contributed by atoms with Gasteiger partial charge in [0.05, 0.1) is 7.11 Å². The maximum atomic E-state index is 13.3. The lowest BCUT2D eigenvalue weighted by atomic mass is 9.60. The van der Waals surface area contributed by atoms with Gasteiger partial charge in [0.2, 0.25) is 5.60 Å². The Kier molecular flexibility index (Phi) is 10.1. The molecule has 2 N–H and O–H groups in total. The molecule has 8 heteroatoms. The zero-order valence-corrected chi connectivity index (χ0v) is 29.0. The number of ether oxygens (including phenoxy) is 4. The van der Waals surface area contributed by atoms with Crippen molar-refractivity contribution in [2.24, 2.45) is 5.92 Å². The Bertz CT molecular complexity index is 1710. The molecule has 0 saturated heterocycles. The van der Waals surface area contributed by atoms with Gasteiger partial charge >= 0.3 is 11.9 Å². The number of esters is 2. The van der Waals surface area contributed by atoms with Crippen molar-refractivity contribution in [1.82, 2.24) is 0 Å². The Labute approximate surface area is 283 Å². The van der Waals surface area contributed by atoms with Crippen LogP contribution in [-0.4, -0.2) is 41.5 Å². The van der Waals surface area contributed by atoms with Crippen molar-refractivity contribution in [3.63, 3.8) is 0 Å². The highest BCUT2D eigenvalue weighted by atomic mass is 16.6. The van der Waals surface area contributed by atoms with Gasteiger partial charge in [0.15, 0.2) is 0 Å². The van der Waals surface area contributed by atoms with Crippen molar-refractivity contribution in [2.45, 2.75) is 97.2 Å². The number of benzene rings is 2. The molecule has 1 saturated carbocycles. The van der Waals surface area contributed by atoms with Crippen LogP contribution >= 0.6 is 0 Å². The molecule has 256 valence electrons. The van der Waals surface area contributed by atoms with Gasteiger partial charge in [-0.25, -0.2) is 4.79 Å². The number of carbonyl (C=O) groups excluding carboxylic acids is 2. The molecular formula is C40H48O8. The fourth-order valence-corrected chi connectivity index (χ4v) is 7.55. The molecule has 2 aromatic carbocycles. The van der Waals surface area contributed by atoms with Crippen molar-refractivity contribution in [3.8, 4) is 34.1 Å². The number of hydrogen-bond donors (Lipinski definition) is 2. The van der Waals surface area contributed by atoms with E-state index in [1.54, 1.807) is 24.3 Å². The van der Waals surface area contributed by atoms with Gasteiger partial charge in [-0.05, 0) is 102 Å². The Morgan fingerprint density at radius 2 is 1.77 bits per heavy atom. The minimum atomic E-state index is -1.26. The maximum Gasteiger partial charge on any atom is 0.350 e. The summed E-state index contributed by atoms with van der Waals surface area (Å²) in [6.45, 7) is 14.2. The van der Waals surface area contributed by atoms with E-state index in [9.17, 15) is 19.8 Å². The third-order valence-corrected chi connectivity index (χ3v) is 9.80. The zero-order chi connectivity index (χ0) is 34.8. The Morgan fingerprint density at radius 3 is 2.46 bits per heavy atom. The summed E-state index contributed by atoms with van der Waals surface area (Å²) in [5.41, 5.74) is 4.53. The van der Waals surface area contributed by atoms with Crippen LogP contribution in [0.1, 0.15) is 90.7 Å². The fourth-order valence-electron chi connectivity index (χ4n) is 7.55. The fraction of sp³-hybridized carbons (Fsp3) is 0.450. The van der Waals surface area contributed by atoms with Crippen LogP contribution in [0.25, 0.3) is 11.1 Å². The van der Waals surface area contributed by atoms with E-state index >= 15 is 0 Å². The topological polar surface area (TPSA) is 112 Å². The molecule has 2 heterocycles. The van der Waals surface area contributed by atoms with Crippen LogP contribution in [0.5, 0.6) is 23.0 Å². The monoisotopic (exact) mass is 656 g/mol. The first-order chi connectivity index (χ1) is 22.8. The molecule has 2 aromatic rings. The summed E-state index contributed by atoms with van der Waals surface area (Å²) in [4.78, 5) is 25.1. The average Bonchev–Trinajstić information content (AvgIpc) is 3.02. The lowest BCUT2D eigenvalue weighted by Crippen LogP contribution is -2.62. The molecule has 3 aliphatic rings. The number of rotatable bonds is 12. The first kappa shape index (κ1) is 34.9. The Balaban J connectivity index is 1.56. The summed E-state index contributed by atoms with van der Waals surface area (Å²) in [7, 11) is 1.36. The number of carbonyl (C=O) groups is 2. The van der Waals surface area contributed by atoms with E-state index in [4.69, 9.17) is 18.9 Å². The van der Waals surface area contributed by atoms with E-state index in [0.717, 1.165) is 30.4 Å². The molecule has 0 amide bonds. The van der Waals surface area contributed by atoms with Crippen molar-refractivity contribution in [3.05, 3.63) is 82.5 Å². The van der Waals surface area contributed by atoms with Crippen LogP contribution in [0, 0.1) is 5.92 Å². The molecule has 0 aromatic heterocycles. The predicted molar refractivity (Wildman–Crippen MR) is 185 cm³/mol. The van der Waals surface area contributed by atoms with Crippen LogP contribution in [0.15, 0.2) is 71.4 Å².